The summed E-state index contributed by atoms with van der Waals surface area (Å²) < 4.78 is 0. The fourth-order valence-electron chi connectivity index (χ4n) is 6.36. The molecule has 216 valence electrons. The molecule has 0 atom stereocenters. The summed E-state index contributed by atoms with van der Waals surface area (Å²) >= 11 is 0. The van der Waals surface area contributed by atoms with E-state index in [9.17, 15) is 0 Å². The van der Waals surface area contributed by atoms with Crippen LogP contribution in [0, 0.1) is 0 Å². The Morgan fingerprint density at radius 3 is 1.35 bits per heavy atom. The van der Waals surface area contributed by atoms with Crippen molar-refractivity contribution in [3.05, 3.63) is 204 Å². The first-order valence-corrected chi connectivity index (χ1v) is 15.6. The predicted octanol–water partition coefficient (Wildman–Crippen LogP) is 11.1. The van der Waals surface area contributed by atoms with Gasteiger partial charge < -0.3 is 0 Å². The SMILES string of the molecule is c1ccc(C(=C(c2ccccc2)c2ccc(-c3cccc(-c4nc5ccccc5c5ccccc45)n3)cc2)c2ccccc2)cc1. The standard InChI is InChI=1S/C44H30N2/c1-4-15-32(16-5-1)42(33-17-6-2-7-18-33)43(34-19-8-3-9-20-34)35-29-27-31(28-30-35)39-25-14-26-41(45-39)44-38-23-11-10-21-36(38)37-22-12-13-24-40(37)46-44/h1-30H. The second-order valence-electron chi connectivity index (χ2n) is 11.4. The molecule has 8 aromatic rings. The van der Waals surface area contributed by atoms with Crippen LogP contribution in [0.2, 0.25) is 0 Å². The van der Waals surface area contributed by atoms with Gasteiger partial charge >= 0.3 is 0 Å². The number of hydrogen-bond acceptors (Lipinski definition) is 2. The number of hydrogen-bond donors (Lipinski definition) is 0. The maximum Gasteiger partial charge on any atom is 0.0972 e. The molecule has 0 unspecified atom stereocenters. The highest BCUT2D eigenvalue weighted by Crippen LogP contribution is 2.38. The Labute approximate surface area is 269 Å². The minimum Gasteiger partial charge on any atom is -0.246 e. The third-order valence-corrected chi connectivity index (χ3v) is 8.51. The smallest absolute Gasteiger partial charge is 0.0972 e. The molecule has 0 aliphatic carbocycles. The van der Waals surface area contributed by atoms with Crippen LogP contribution >= 0.6 is 0 Å². The summed E-state index contributed by atoms with van der Waals surface area (Å²) in [5, 5.41) is 3.45. The van der Waals surface area contributed by atoms with Crippen LogP contribution in [0.25, 0.3) is 55.5 Å². The zero-order chi connectivity index (χ0) is 30.7. The molecule has 0 aliphatic heterocycles. The molecule has 2 aromatic heterocycles. The Balaban J connectivity index is 1.26. The van der Waals surface area contributed by atoms with E-state index in [1.165, 1.54) is 33.2 Å². The normalized spacial score (nSPS) is 11.0. The number of fused-ring (bicyclic) bond motifs is 3. The quantitative estimate of drug-likeness (QED) is 0.143. The summed E-state index contributed by atoms with van der Waals surface area (Å²) in [6.07, 6.45) is 0. The summed E-state index contributed by atoms with van der Waals surface area (Å²) in [6.45, 7) is 0. The zero-order valence-electron chi connectivity index (χ0n) is 25.2. The van der Waals surface area contributed by atoms with Gasteiger partial charge in [-0.25, -0.2) is 9.97 Å². The highest BCUT2D eigenvalue weighted by atomic mass is 14.8. The number of nitrogens with zero attached hydrogens (tertiary/aromatic N) is 2. The van der Waals surface area contributed by atoms with Crippen LogP contribution in [0.4, 0.5) is 0 Å². The number of para-hydroxylation sites is 1. The molecule has 0 spiro atoms. The van der Waals surface area contributed by atoms with Crippen molar-refractivity contribution in [3.63, 3.8) is 0 Å². The largest absolute Gasteiger partial charge is 0.246 e. The van der Waals surface area contributed by atoms with Crippen LogP contribution in [-0.2, 0) is 0 Å². The van der Waals surface area contributed by atoms with Crippen LogP contribution in [0.3, 0.4) is 0 Å². The molecule has 0 fully saturated rings. The van der Waals surface area contributed by atoms with Gasteiger partial charge in [0.05, 0.1) is 22.6 Å². The average Bonchev–Trinajstić information content (AvgIpc) is 3.15. The summed E-state index contributed by atoms with van der Waals surface area (Å²) in [7, 11) is 0. The molecule has 46 heavy (non-hydrogen) atoms. The molecule has 0 bridgehead atoms. The Morgan fingerprint density at radius 1 is 0.304 bits per heavy atom. The van der Waals surface area contributed by atoms with Crippen LogP contribution in [0.5, 0.6) is 0 Å². The highest BCUT2D eigenvalue weighted by Gasteiger charge is 2.17. The summed E-state index contributed by atoms with van der Waals surface area (Å²) in [5.74, 6) is 0. The first-order valence-electron chi connectivity index (χ1n) is 15.6. The van der Waals surface area contributed by atoms with Gasteiger partial charge in [-0.3, -0.25) is 0 Å². The van der Waals surface area contributed by atoms with E-state index in [-0.39, 0.29) is 0 Å². The molecule has 6 aromatic carbocycles. The van der Waals surface area contributed by atoms with Crippen LogP contribution in [-0.4, -0.2) is 9.97 Å². The lowest BCUT2D eigenvalue weighted by Gasteiger charge is -2.18. The predicted molar refractivity (Wildman–Crippen MR) is 192 cm³/mol. The van der Waals surface area contributed by atoms with Gasteiger partial charge in [0.1, 0.15) is 0 Å². The van der Waals surface area contributed by atoms with Gasteiger partial charge in [0.25, 0.3) is 0 Å². The average molecular weight is 587 g/mol. The molecule has 0 N–H and O–H groups in total. The van der Waals surface area contributed by atoms with E-state index in [1.807, 2.05) is 6.07 Å². The maximum atomic E-state index is 5.16. The Kier molecular flexibility index (Phi) is 7.22. The van der Waals surface area contributed by atoms with Gasteiger partial charge in [0.15, 0.2) is 0 Å². The molecular formula is C44H30N2. The fraction of sp³-hybridized carbons (Fsp3) is 0. The fourth-order valence-corrected chi connectivity index (χ4v) is 6.36. The van der Waals surface area contributed by atoms with Crippen LogP contribution in [0.15, 0.2) is 182 Å². The molecular weight excluding hydrogens is 556 g/mol. The Bertz CT molecular complexity index is 2280. The number of rotatable bonds is 6. The van der Waals surface area contributed by atoms with Crippen LogP contribution < -0.4 is 0 Å². The second kappa shape index (κ2) is 12.1. The lowest BCUT2D eigenvalue weighted by molar-refractivity contribution is 1.29. The van der Waals surface area contributed by atoms with Crippen LogP contribution in [0.1, 0.15) is 22.3 Å². The van der Waals surface area contributed by atoms with E-state index in [4.69, 9.17) is 9.97 Å². The van der Waals surface area contributed by atoms with Gasteiger partial charge in [-0.2, -0.15) is 0 Å². The van der Waals surface area contributed by atoms with Gasteiger partial charge in [-0.05, 0) is 57.0 Å². The maximum absolute atomic E-state index is 5.16. The van der Waals surface area contributed by atoms with Gasteiger partial charge in [0.2, 0.25) is 0 Å². The molecule has 0 radical (unpaired) electrons. The molecule has 0 saturated carbocycles. The molecule has 2 heteroatoms. The van der Waals surface area contributed by atoms with E-state index >= 15 is 0 Å². The topological polar surface area (TPSA) is 25.8 Å². The minimum atomic E-state index is 0.865. The summed E-state index contributed by atoms with van der Waals surface area (Å²) in [5.41, 5.74) is 11.8. The molecule has 2 heterocycles. The number of benzene rings is 6. The van der Waals surface area contributed by atoms with E-state index in [1.54, 1.807) is 0 Å². The van der Waals surface area contributed by atoms with Crippen molar-refractivity contribution in [2.45, 2.75) is 0 Å². The van der Waals surface area contributed by atoms with Crippen molar-refractivity contribution >= 4 is 32.8 Å². The van der Waals surface area contributed by atoms with Crippen molar-refractivity contribution in [2.75, 3.05) is 0 Å². The molecule has 2 nitrogen and oxygen atoms in total. The molecule has 0 aliphatic rings. The number of aromatic nitrogens is 2. The van der Waals surface area contributed by atoms with Crippen molar-refractivity contribution in [3.8, 4) is 22.6 Å². The second-order valence-corrected chi connectivity index (χ2v) is 11.4. The van der Waals surface area contributed by atoms with Crippen molar-refractivity contribution in [1.29, 1.82) is 0 Å². The summed E-state index contributed by atoms with van der Waals surface area (Å²) in [6, 6.07) is 63.8. The van der Waals surface area contributed by atoms with E-state index in [2.05, 4.69) is 176 Å². The minimum absolute atomic E-state index is 0.865. The Morgan fingerprint density at radius 2 is 0.761 bits per heavy atom. The van der Waals surface area contributed by atoms with Crippen molar-refractivity contribution in [1.82, 2.24) is 9.97 Å². The van der Waals surface area contributed by atoms with Gasteiger partial charge in [-0.1, -0.05) is 164 Å². The lowest BCUT2D eigenvalue weighted by Crippen LogP contribution is -1.97. The summed E-state index contributed by atoms with van der Waals surface area (Å²) in [4.78, 5) is 10.2. The first-order chi connectivity index (χ1) is 22.8. The van der Waals surface area contributed by atoms with E-state index in [0.717, 1.165) is 44.5 Å². The van der Waals surface area contributed by atoms with Gasteiger partial charge in [-0.15, -0.1) is 0 Å². The van der Waals surface area contributed by atoms with E-state index < -0.39 is 0 Å². The highest BCUT2D eigenvalue weighted by molar-refractivity contribution is 6.10. The molecule has 0 amide bonds. The molecule has 0 saturated heterocycles. The van der Waals surface area contributed by atoms with Crippen molar-refractivity contribution in [2.24, 2.45) is 0 Å². The number of pyridine rings is 2. The first kappa shape index (κ1) is 27.4. The third-order valence-electron chi connectivity index (χ3n) is 8.51. The Hall–Kier alpha value is -6.12. The van der Waals surface area contributed by atoms with E-state index in [0.29, 0.717) is 0 Å². The van der Waals surface area contributed by atoms with Gasteiger partial charge in [0, 0.05) is 16.3 Å². The monoisotopic (exact) mass is 586 g/mol. The third kappa shape index (κ3) is 5.16. The zero-order valence-corrected chi connectivity index (χ0v) is 25.2. The lowest BCUT2D eigenvalue weighted by atomic mass is 9.85. The van der Waals surface area contributed by atoms with Crippen molar-refractivity contribution < 1.29 is 0 Å². The molecule has 8 rings (SSSR count).